The van der Waals surface area contributed by atoms with E-state index in [-0.39, 0.29) is 6.10 Å². The first kappa shape index (κ1) is 14.7. The molecule has 2 rings (SSSR count). The molecule has 110 valence electrons. The number of aromatic carboxylic acids is 1. The number of ether oxygens (including phenoxy) is 1. The molecule has 1 aromatic heterocycles. The molecule has 1 atom stereocenters. The van der Waals surface area contributed by atoms with Crippen molar-refractivity contribution in [3.63, 3.8) is 0 Å². The van der Waals surface area contributed by atoms with Gasteiger partial charge in [0.05, 0.1) is 11.8 Å². The van der Waals surface area contributed by atoms with Crippen LogP contribution in [0, 0.1) is 0 Å². The van der Waals surface area contributed by atoms with E-state index in [1.165, 1.54) is 0 Å². The molecule has 1 fully saturated rings. The summed E-state index contributed by atoms with van der Waals surface area (Å²) in [4.78, 5) is 13.6. The second kappa shape index (κ2) is 6.17. The molecule has 1 saturated heterocycles. The zero-order valence-corrected chi connectivity index (χ0v) is 12.2. The van der Waals surface area contributed by atoms with Crippen molar-refractivity contribution in [2.45, 2.75) is 39.2 Å². The van der Waals surface area contributed by atoms with Crippen molar-refractivity contribution in [3.05, 3.63) is 16.8 Å². The Labute approximate surface area is 118 Å². The van der Waals surface area contributed by atoms with Crippen molar-refractivity contribution >= 4 is 11.8 Å². The Hall–Kier alpha value is -1.69. The third-order valence-electron chi connectivity index (χ3n) is 3.82. The number of carbonyl (C=O) groups is 1. The maximum Gasteiger partial charge on any atom is 0.339 e. The summed E-state index contributed by atoms with van der Waals surface area (Å²) in [6, 6.07) is 0. The fourth-order valence-corrected chi connectivity index (χ4v) is 2.72. The largest absolute Gasteiger partial charge is 0.478 e. The summed E-state index contributed by atoms with van der Waals surface area (Å²) in [5.41, 5.74) is 1.87. The number of anilines is 1. The molecule has 6 nitrogen and oxygen atoms in total. The first-order valence-corrected chi connectivity index (χ1v) is 7.01. The van der Waals surface area contributed by atoms with Gasteiger partial charge < -0.3 is 14.7 Å². The van der Waals surface area contributed by atoms with Crippen LogP contribution in [-0.4, -0.2) is 47.6 Å². The number of aromatic nitrogens is 2. The first-order chi connectivity index (χ1) is 9.62. The topological polar surface area (TPSA) is 75.5 Å². The lowest BCUT2D eigenvalue weighted by Gasteiger charge is -2.21. The molecule has 1 aliphatic rings. The molecular weight excluding hydrogens is 258 g/mol. The molecule has 1 N–H and O–H groups in total. The van der Waals surface area contributed by atoms with Crippen LogP contribution in [0.25, 0.3) is 0 Å². The van der Waals surface area contributed by atoms with E-state index in [0.717, 1.165) is 24.2 Å². The van der Waals surface area contributed by atoms with Crippen molar-refractivity contribution in [3.8, 4) is 0 Å². The number of nitrogens with zero attached hydrogens (tertiary/aromatic N) is 3. The van der Waals surface area contributed by atoms with E-state index in [2.05, 4.69) is 10.2 Å². The lowest BCUT2D eigenvalue weighted by atomic mass is 10.0. The molecule has 0 bridgehead atoms. The van der Waals surface area contributed by atoms with E-state index >= 15 is 0 Å². The van der Waals surface area contributed by atoms with Gasteiger partial charge in [-0.15, -0.1) is 5.10 Å². The Bertz CT molecular complexity index is 505. The number of methoxy groups -OCH3 is 1. The predicted octanol–water partition coefficient (Wildman–Crippen LogP) is 1.52. The van der Waals surface area contributed by atoms with Crippen LogP contribution in [0.5, 0.6) is 0 Å². The Kier molecular flexibility index (Phi) is 4.54. The lowest BCUT2D eigenvalue weighted by Crippen LogP contribution is -2.27. The molecule has 0 aliphatic carbocycles. The molecule has 1 unspecified atom stereocenters. The molecule has 6 heteroatoms. The van der Waals surface area contributed by atoms with Gasteiger partial charge in [-0.3, -0.25) is 0 Å². The summed E-state index contributed by atoms with van der Waals surface area (Å²) in [6.45, 7) is 5.34. The second-order valence-corrected chi connectivity index (χ2v) is 4.93. The van der Waals surface area contributed by atoms with E-state index in [1.54, 1.807) is 7.11 Å². The number of carboxylic acid groups (broad SMARTS) is 1. The molecule has 0 saturated carbocycles. The van der Waals surface area contributed by atoms with Crippen LogP contribution in [0.4, 0.5) is 5.82 Å². The van der Waals surface area contributed by atoms with Crippen LogP contribution in [0.1, 0.15) is 41.9 Å². The summed E-state index contributed by atoms with van der Waals surface area (Å²) in [5, 5.41) is 17.9. The summed E-state index contributed by atoms with van der Waals surface area (Å²) in [5.74, 6) is -0.451. The highest BCUT2D eigenvalue weighted by Crippen LogP contribution is 2.27. The van der Waals surface area contributed by atoms with E-state index in [1.807, 2.05) is 18.7 Å². The minimum Gasteiger partial charge on any atom is -0.478 e. The van der Waals surface area contributed by atoms with Crippen LogP contribution in [0.2, 0.25) is 0 Å². The van der Waals surface area contributed by atoms with Crippen LogP contribution in [-0.2, 0) is 17.6 Å². The molecule has 0 amide bonds. The average molecular weight is 279 g/mol. The van der Waals surface area contributed by atoms with Gasteiger partial charge >= 0.3 is 5.97 Å². The molecule has 1 aromatic rings. The van der Waals surface area contributed by atoms with Gasteiger partial charge in [0.15, 0.2) is 5.82 Å². The molecule has 20 heavy (non-hydrogen) atoms. The third kappa shape index (κ3) is 2.60. The smallest absolute Gasteiger partial charge is 0.339 e. The second-order valence-electron chi connectivity index (χ2n) is 4.93. The predicted molar refractivity (Wildman–Crippen MR) is 75.4 cm³/mol. The maximum atomic E-state index is 11.7. The van der Waals surface area contributed by atoms with Crippen LogP contribution in [0.15, 0.2) is 0 Å². The van der Waals surface area contributed by atoms with Gasteiger partial charge in [-0.2, -0.15) is 5.10 Å². The number of rotatable bonds is 5. The number of hydrogen-bond acceptors (Lipinski definition) is 5. The van der Waals surface area contributed by atoms with E-state index in [4.69, 9.17) is 4.74 Å². The summed E-state index contributed by atoms with van der Waals surface area (Å²) in [7, 11) is 1.68. The van der Waals surface area contributed by atoms with Gasteiger partial charge in [0, 0.05) is 20.2 Å². The van der Waals surface area contributed by atoms with Gasteiger partial charge in [0.25, 0.3) is 0 Å². The van der Waals surface area contributed by atoms with Crippen molar-refractivity contribution in [1.82, 2.24) is 10.2 Å². The van der Waals surface area contributed by atoms with Crippen LogP contribution < -0.4 is 4.90 Å². The van der Waals surface area contributed by atoms with Gasteiger partial charge in [-0.05, 0) is 24.8 Å². The number of hydrogen-bond donors (Lipinski definition) is 1. The molecule has 2 heterocycles. The maximum absolute atomic E-state index is 11.7. The van der Waals surface area contributed by atoms with Crippen molar-refractivity contribution in [2.24, 2.45) is 0 Å². The Morgan fingerprint density at radius 2 is 2.15 bits per heavy atom. The Morgan fingerprint density at radius 3 is 2.65 bits per heavy atom. The highest BCUT2D eigenvalue weighted by atomic mass is 16.5. The van der Waals surface area contributed by atoms with Crippen molar-refractivity contribution in [2.75, 3.05) is 25.1 Å². The quantitative estimate of drug-likeness (QED) is 0.881. The van der Waals surface area contributed by atoms with Crippen molar-refractivity contribution < 1.29 is 14.6 Å². The molecule has 0 aromatic carbocycles. The Morgan fingerprint density at radius 1 is 1.40 bits per heavy atom. The average Bonchev–Trinajstić information content (AvgIpc) is 2.94. The van der Waals surface area contributed by atoms with Crippen LogP contribution >= 0.6 is 0 Å². The molecule has 1 aliphatic heterocycles. The summed E-state index contributed by atoms with van der Waals surface area (Å²) < 4.78 is 5.33. The number of carboxylic acids is 1. The van der Waals surface area contributed by atoms with E-state index in [0.29, 0.717) is 30.8 Å². The van der Waals surface area contributed by atoms with Gasteiger partial charge in [0.1, 0.15) is 5.56 Å². The normalized spacial score (nSPS) is 18.6. The van der Waals surface area contributed by atoms with Gasteiger partial charge in [0.2, 0.25) is 0 Å². The standard InChI is InChI=1S/C14H21N3O3/c1-4-10-11(5-2)15-16-13(12(10)14(18)19)17-7-6-9(8-17)20-3/h9H,4-8H2,1-3H3,(H,18,19). The van der Waals surface area contributed by atoms with Gasteiger partial charge in [-0.1, -0.05) is 13.8 Å². The highest BCUT2D eigenvalue weighted by molar-refractivity contribution is 5.95. The minimum atomic E-state index is -0.928. The van der Waals surface area contributed by atoms with Crippen molar-refractivity contribution in [1.29, 1.82) is 0 Å². The molecular formula is C14H21N3O3. The van der Waals surface area contributed by atoms with Gasteiger partial charge in [-0.25, -0.2) is 4.79 Å². The summed E-state index contributed by atoms with van der Waals surface area (Å²) >= 11 is 0. The Balaban J connectivity index is 2.45. The van der Waals surface area contributed by atoms with E-state index < -0.39 is 5.97 Å². The number of aryl methyl sites for hydroxylation is 1. The first-order valence-electron chi connectivity index (χ1n) is 7.01. The molecule has 0 radical (unpaired) electrons. The third-order valence-corrected chi connectivity index (χ3v) is 3.82. The zero-order valence-electron chi connectivity index (χ0n) is 12.2. The fourth-order valence-electron chi connectivity index (χ4n) is 2.72. The highest BCUT2D eigenvalue weighted by Gasteiger charge is 2.29. The summed E-state index contributed by atoms with van der Waals surface area (Å²) in [6.07, 6.45) is 2.36. The lowest BCUT2D eigenvalue weighted by molar-refractivity contribution is 0.0695. The minimum absolute atomic E-state index is 0.134. The van der Waals surface area contributed by atoms with Crippen LogP contribution in [0.3, 0.4) is 0 Å². The zero-order chi connectivity index (χ0) is 14.7. The molecule has 0 spiro atoms. The monoisotopic (exact) mass is 279 g/mol. The SMILES string of the molecule is CCc1nnc(N2CCC(OC)C2)c(C(=O)O)c1CC. The fraction of sp³-hybridized carbons (Fsp3) is 0.643. The van der Waals surface area contributed by atoms with E-state index in [9.17, 15) is 9.90 Å².